The third-order valence-corrected chi connectivity index (χ3v) is 7.08. The lowest BCUT2D eigenvalue weighted by Gasteiger charge is -2.17. The Morgan fingerprint density at radius 2 is 1.92 bits per heavy atom. The molecule has 37 heavy (non-hydrogen) atoms. The van der Waals surface area contributed by atoms with Crippen LogP contribution in [0.15, 0.2) is 55.1 Å². The Bertz CT molecular complexity index is 1790. The maximum Gasteiger partial charge on any atom is 0.229 e. The van der Waals surface area contributed by atoms with Crippen molar-refractivity contribution in [1.82, 2.24) is 35.1 Å². The van der Waals surface area contributed by atoms with Crippen molar-refractivity contribution in [3.8, 4) is 33.2 Å². The summed E-state index contributed by atoms with van der Waals surface area (Å²) in [5.41, 5.74) is 5.62. The van der Waals surface area contributed by atoms with E-state index in [1.54, 1.807) is 36.1 Å². The second-order valence-corrected chi connectivity index (χ2v) is 11.2. The fraction of sp³-hybridized carbons (Fsp3) is 0.185. The van der Waals surface area contributed by atoms with Crippen LogP contribution in [0.3, 0.4) is 0 Å². The number of rotatable bonds is 4. The zero-order chi connectivity index (χ0) is 25.7. The van der Waals surface area contributed by atoms with E-state index in [-0.39, 0.29) is 5.91 Å². The summed E-state index contributed by atoms with van der Waals surface area (Å²) >= 11 is 1.73. The molecule has 0 saturated heterocycles. The van der Waals surface area contributed by atoms with E-state index < -0.39 is 5.41 Å². The van der Waals surface area contributed by atoms with Gasteiger partial charge in [0.15, 0.2) is 11.5 Å². The molecule has 0 aliphatic carbocycles. The smallest absolute Gasteiger partial charge is 0.229 e. The summed E-state index contributed by atoms with van der Waals surface area (Å²) in [6.07, 6.45) is 6.87. The summed E-state index contributed by atoms with van der Waals surface area (Å²) in [5, 5.41) is 11.4. The second kappa shape index (κ2) is 8.59. The minimum atomic E-state index is -0.511. The van der Waals surface area contributed by atoms with Gasteiger partial charge in [-0.25, -0.2) is 9.97 Å². The number of nitrogens with one attached hydrogen (secondary N) is 3. The number of thiophene rings is 1. The van der Waals surface area contributed by atoms with Crippen molar-refractivity contribution in [2.45, 2.75) is 27.7 Å². The average molecular weight is 509 g/mol. The first-order chi connectivity index (χ1) is 17.8. The lowest BCUT2D eigenvalue weighted by Crippen LogP contribution is -2.27. The molecular formula is C27H24N8OS. The molecule has 6 aromatic heterocycles. The SMILES string of the molecule is Cc1ccc(-c2ccnc3nc(-c4n[nH]c5cnc(-c6cncc(NC(=O)C(C)(C)C)c6)cc45)[nH]c23)s1. The van der Waals surface area contributed by atoms with Gasteiger partial charge in [0.2, 0.25) is 5.91 Å². The molecule has 0 bridgehead atoms. The van der Waals surface area contributed by atoms with Crippen molar-refractivity contribution in [3.63, 3.8) is 0 Å². The van der Waals surface area contributed by atoms with Gasteiger partial charge < -0.3 is 10.3 Å². The van der Waals surface area contributed by atoms with Crippen LogP contribution in [-0.4, -0.2) is 41.0 Å². The number of hydrogen-bond acceptors (Lipinski definition) is 7. The van der Waals surface area contributed by atoms with E-state index in [4.69, 9.17) is 4.98 Å². The van der Waals surface area contributed by atoms with E-state index in [1.165, 1.54) is 4.88 Å². The van der Waals surface area contributed by atoms with Gasteiger partial charge in [0.25, 0.3) is 0 Å². The third kappa shape index (κ3) is 4.25. The lowest BCUT2D eigenvalue weighted by molar-refractivity contribution is -0.123. The summed E-state index contributed by atoms with van der Waals surface area (Å²) < 4.78 is 0. The molecule has 0 saturated carbocycles. The first kappa shape index (κ1) is 23.0. The first-order valence-electron chi connectivity index (χ1n) is 11.8. The number of aromatic nitrogens is 7. The normalized spacial score (nSPS) is 11.9. The van der Waals surface area contributed by atoms with E-state index in [2.05, 4.69) is 54.5 Å². The number of nitrogens with zero attached hydrogens (tertiary/aromatic N) is 5. The highest BCUT2D eigenvalue weighted by Gasteiger charge is 2.22. The average Bonchev–Trinajstić information content (AvgIpc) is 3.60. The number of H-pyrrole nitrogens is 2. The summed E-state index contributed by atoms with van der Waals surface area (Å²) in [5.74, 6) is 0.540. The molecule has 9 nitrogen and oxygen atoms in total. The van der Waals surface area contributed by atoms with Gasteiger partial charge in [-0.2, -0.15) is 5.10 Å². The summed E-state index contributed by atoms with van der Waals surface area (Å²) in [6.45, 7) is 7.70. The Morgan fingerprint density at radius 1 is 1.05 bits per heavy atom. The van der Waals surface area contributed by atoms with Gasteiger partial charge in [-0.15, -0.1) is 11.3 Å². The minimum Gasteiger partial charge on any atom is -0.335 e. The highest BCUT2D eigenvalue weighted by Crippen LogP contribution is 2.34. The van der Waals surface area contributed by atoms with Gasteiger partial charge in [0, 0.05) is 44.1 Å². The van der Waals surface area contributed by atoms with Gasteiger partial charge in [-0.1, -0.05) is 20.8 Å². The number of aryl methyl sites for hydroxylation is 1. The Hall–Kier alpha value is -4.44. The molecular weight excluding hydrogens is 484 g/mol. The molecule has 6 aromatic rings. The Kier molecular flexibility index (Phi) is 5.34. The van der Waals surface area contributed by atoms with Crippen molar-refractivity contribution in [2.75, 3.05) is 5.32 Å². The van der Waals surface area contributed by atoms with Gasteiger partial charge in [0.05, 0.1) is 34.8 Å². The van der Waals surface area contributed by atoms with Crippen molar-refractivity contribution in [3.05, 3.63) is 60.0 Å². The molecule has 1 amide bonds. The molecule has 0 aliphatic rings. The fourth-order valence-corrected chi connectivity index (χ4v) is 4.93. The van der Waals surface area contributed by atoms with E-state index in [1.807, 2.05) is 39.0 Å². The van der Waals surface area contributed by atoms with E-state index in [0.29, 0.717) is 28.5 Å². The first-order valence-corrected chi connectivity index (χ1v) is 12.6. The Morgan fingerprint density at radius 3 is 2.70 bits per heavy atom. The standard InChI is InChI=1S/C27H24N8OS/c1-14-5-6-21(37-14)17-7-8-29-24-22(17)32-25(33-24)23-18-10-19(30-13-20(18)34-35-23)15-9-16(12-28-11-15)31-26(36)27(2,3)4/h5-13H,1-4H3,(H,31,36)(H,34,35)(H,29,32,33). The molecule has 0 aromatic carbocycles. The molecule has 0 fully saturated rings. The molecule has 0 aliphatic heterocycles. The number of carbonyl (C=O) groups is 1. The maximum absolute atomic E-state index is 12.4. The van der Waals surface area contributed by atoms with Gasteiger partial charge in [-0.05, 0) is 37.3 Å². The summed E-state index contributed by atoms with van der Waals surface area (Å²) in [7, 11) is 0. The van der Waals surface area contributed by atoms with Crippen molar-refractivity contribution >= 4 is 45.0 Å². The van der Waals surface area contributed by atoms with Crippen molar-refractivity contribution < 1.29 is 4.79 Å². The highest BCUT2D eigenvalue weighted by atomic mass is 32.1. The predicted octanol–water partition coefficient (Wildman–Crippen LogP) is 5.98. The molecule has 6 heterocycles. The fourth-order valence-electron chi connectivity index (χ4n) is 4.03. The van der Waals surface area contributed by atoms with Crippen LogP contribution in [0.25, 0.3) is 55.3 Å². The number of anilines is 1. The third-order valence-electron chi connectivity index (χ3n) is 6.04. The largest absolute Gasteiger partial charge is 0.335 e. The van der Waals surface area contributed by atoms with Gasteiger partial charge >= 0.3 is 0 Å². The van der Waals surface area contributed by atoms with Crippen LogP contribution in [0.1, 0.15) is 25.6 Å². The number of fused-ring (bicyclic) bond motifs is 2. The van der Waals surface area contributed by atoms with Crippen LogP contribution in [0.2, 0.25) is 0 Å². The monoisotopic (exact) mass is 508 g/mol. The van der Waals surface area contributed by atoms with Crippen molar-refractivity contribution in [2.24, 2.45) is 5.41 Å². The Balaban J connectivity index is 1.40. The number of carbonyl (C=O) groups excluding carboxylic acids is 1. The minimum absolute atomic E-state index is 0.0810. The molecule has 0 atom stereocenters. The van der Waals surface area contributed by atoms with E-state index in [9.17, 15) is 4.79 Å². The van der Waals surface area contributed by atoms with E-state index in [0.717, 1.165) is 32.4 Å². The molecule has 6 rings (SSSR count). The molecule has 0 unspecified atom stereocenters. The Labute approximate surface area is 216 Å². The molecule has 3 N–H and O–H groups in total. The second-order valence-electron chi connectivity index (χ2n) is 9.91. The summed E-state index contributed by atoms with van der Waals surface area (Å²) in [6, 6.07) is 10.0. The van der Waals surface area contributed by atoms with Crippen LogP contribution in [-0.2, 0) is 4.79 Å². The summed E-state index contributed by atoms with van der Waals surface area (Å²) in [4.78, 5) is 36.4. The predicted molar refractivity (Wildman–Crippen MR) is 146 cm³/mol. The molecule has 0 radical (unpaired) electrons. The molecule has 184 valence electrons. The lowest BCUT2D eigenvalue weighted by atomic mass is 9.95. The van der Waals surface area contributed by atoms with Crippen LogP contribution in [0.4, 0.5) is 5.69 Å². The number of imidazole rings is 1. The maximum atomic E-state index is 12.4. The molecule has 10 heteroatoms. The highest BCUT2D eigenvalue weighted by molar-refractivity contribution is 7.15. The van der Waals surface area contributed by atoms with Gasteiger partial charge in [0.1, 0.15) is 5.69 Å². The van der Waals surface area contributed by atoms with Crippen LogP contribution in [0, 0.1) is 12.3 Å². The number of aromatic amines is 2. The zero-order valence-corrected chi connectivity index (χ0v) is 21.6. The molecule has 0 spiro atoms. The topological polar surface area (TPSA) is 125 Å². The number of hydrogen-bond donors (Lipinski definition) is 3. The quantitative estimate of drug-likeness (QED) is 0.269. The van der Waals surface area contributed by atoms with E-state index >= 15 is 0 Å². The van der Waals surface area contributed by atoms with Crippen LogP contribution in [0.5, 0.6) is 0 Å². The zero-order valence-electron chi connectivity index (χ0n) is 20.7. The number of amides is 1. The number of pyridine rings is 3. The van der Waals surface area contributed by atoms with Crippen molar-refractivity contribution in [1.29, 1.82) is 0 Å². The van der Waals surface area contributed by atoms with Crippen LogP contribution >= 0.6 is 11.3 Å². The van der Waals surface area contributed by atoms with Crippen LogP contribution < -0.4 is 5.32 Å². The van der Waals surface area contributed by atoms with Gasteiger partial charge in [-0.3, -0.25) is 19.9 Å².